The number of hydrogen-bond acceptors (Lipinski definition) is 4. The van der Waals surface area contributed by atoms with Crippen LogP contribution in [0.4, 0.5) is 5.69 Å². The van der Waals surface area contributed by atoms with Crippen LogP contribution in [0.3, 0.4) is 0 Å². The number of anilines is 1. The summed E-state index contributed by atoms with van der Waals surface area (Å²) in [6, 6.07) is 9.48. The summed E-state index contributed by atoms with van der Waals surface area (Å²) in [5, 5.41) is 12.7. The van der Waals surface area contributed by atoms with E-state index >= 15 is 0 Å². The van der Waals surface area contributed by atoms with Crippen molar-refractivity contribution in [1.29, 1.82) is 0 Å². The summed E-state index contributed by atoms with van der Waals surface area (Å²) in [4.78, 5) is 14.3. The molecule has 0 bridgehead atoms. The van der Waals surface area contributed by atoms with Gasteiger partial charge in [-0.25, -0.2) is 0 Å². The van der Waals surface area contributed by atoms with Crippen molar-refractivity contribution in [3.8, 4) is 0 Å². The number of nitrogens with one attached hydrogen (secondary N) is 1. The largest absolute Gasteiger partial charge is 0.396 e. The highest BCUT2D eigenvalue weighted by atomic mass is 16.5. The first-order valence-corrected chi connectivity index (χ1v) is 7.48. The number of likely N-dealkylation sites (tertiary alicyclic amines) is 1. The lowest BCUT2D eigenvalue weighted by Crippen LogP contribution is -2.41. The van der Waals surface area contributed by atoms with E-state index in [9.17, 15) is 9.90 Å². The monoisotopic (exact) mass is 290 g/mol. The molecule has 2 atom stereocenters. The SMILES string of the molecule is O=C(CN1C[C@@H]2COCC[C@]2(CO)C1)Nc1ccccc1. The highest BCUT2D eigenvalue weighted by molar-refractivity contribution is 5.92. The van der Waals surface area contributed by atoms with E-state index < -0.39 is 0 Å². The fraction of sp³-hybridized carbons (Fsp3) is 0.562. The van der Waals surface area contributed by atoms with Crippen molar-refractivity contribution >= 4 is 11.6 Å². The maximum absolute atomic E-state index is 12.1. The van der Waals surface area contributed by atoms with Crippen molar-refractivity contribution < 1.29 is 14.6 Å². The Kier molecular flexibility index (Phi) is 4.24. The number of aliphatic hydroxyl groups is 1. The lowest BCUT2D eigenvalue weighted by Gasteiger charge is -2.36. The number of ether oxygens (including phenoxy) is 1. The first-order chi connectivity index (χ1) is 10.2. The Morgan fingerprint density at radius 2 is 2.24 bits per heavy atom. The van der Waals surface area contributed by atoms with E-state index in [1.807, 2.05) is 30.3 Å². The van der Waals surface area contributed by atoms with Crippen LogP contribution < -0.4 is 5.32 Å². The van der Waals surface area contributed by atoms with E-state index in [1.54, 1.807) is 0 Å². The quantitative estimate of drug-likeness (QED) is 0.867. The number of hydrogen-bond donors (Lipinski definition) is 2. The molecule has 0 spiro atoms. The highest BCUT2D eigenvalue weighted by Gasteiger charge is 2.48. The van der Waals surface area contributed by atoms with Gasteiger partial charge in [-0.15, -0.1) is 0 Å². The minimum Gasteiger partial charge on any atom is -0.396 e. The summed E-state index contributed by atoms with van der Waals surface area (Å²) in [5.41, 5.74) is 0.741. The van der Waals surface area contributed by atoms with Crippen LogP contribution in [0.2, 0.25) is 0 Å². The second-order valence-corrected chi connectivity index (χ2v) is 6.13. The summed E-state index contributed by atoms with van der Waals surface area (Å²) >= 11 is 0. The molecule has 2 N–H and O–H groups in total. The van der Waals surface area contributed by atoms with Crippen LogP contribution in [-0.4, -0.2) is 55.4 Å². The van der Waals surface area contributed by atoms with Gasteiger partial charge in [0.05, 0.1) is 19.8 Å². The van der Waals surface area contributed by atoms with Crippen LogP contribution in [0, 0.1) is 11.3 Å². The molecular formula is C16H22N2O3. The number of aliphatic hydroxyl groups excluding tert-OH is 1. The molecule has 0 aromatic heterocycles. The van der Waals surface area contributed by atoms with Gasteiger partial charge in [0.1, 0.15) is 0 Å². The lowest BCUT2D eigenvalue weighted by atomic mass is 9.75. The number of para-hydroxylation sites is 1. The Labute approximate surface area is 124 Å². The zero-order valence-electron chi connectivity index (χ0n) is 12.1. The van der Waals surface area contributed by atoms with Crippen LogP contribution in [0.1, 0.15) is 6.42 Å². The molecule has 2 saturated heterocycles. The van der Waals surface area contributed by atoms with Crippen molar-refractivity contribution in [2.45, 2.75) is 6.42 Å². The Bertz CT molecular complexity index is 494. The predicted octanol–water partition coefficient (Wildman–Crippen LogP) is 0.956. The molecule has 1 amide bonds. The minimum atomic E-state index is -0.0781. The number of nitrogens with zero attached hydrogens (tertiary/aromatic N) is 1. The molecule has 0 unspecified atom stereocenters. The third-order valence-corrected chi connectivity index (χ3v) is 4.69. The van der Waals surface area contributed by atoms with E-state index in [1.165, 1.54) is 0 Å². The normalized spacial score (nSPS) is 29.1. The molecule has 3 rings (SSSR count). The minimum absolute atomic E-state index is 0.00569. The van der Waals surface area contributed by atoms with E-state index in [0.29, 0.717) is 25.7 Å². The number of carbonyl (C=O) groups excluding carboxylic acids is 1. The molecule has 21 heavy (non-hydrogen) atoms. The molecule has 2 aliphatic rings. The van der Waals surface area contributed by atoms with Crippen molar-refractivity contribution in [1.82, 2.24) is 4.90 Å². The fourth-order valence-corrected chi connectivity index (χ4v) is 3.46. The Morgan fingerprint density at radius 1 is 1.43 bits per heavy atom. The van der Waals surface area contributed by atoms with Crippen molar-refractivity contribution in [3.63, 3.8) is 0 Å². The molecule has 2 aliphatic heterocycles. The fourth-order valence-electron chi connectivity index (χ4n) is 3.46. The number of carbonyl (C=O) groups is 1. The Morgan fingerprint density at radius 3 is 2.95 bits per heavy atom. The number of rotatable bonds is 4. The molecule has 0 saturated carbocycles. The first-order valence-electron chi connectivity index (χ1n) is 7.48. The van der Waals surface area contributed by atoms with E-state index in [-0.39, 0.29) is 17.9 Å². The van der Waals surface area contributed by atoms with Crippen LogP contribution in [0.15, 0.2) is 30.3 Å². The molecular weight excluding hydrogens is 268 g/mol. The second kappa shape index (κ2) is 6.13. The summed E-state index contributed by atoms with van der Waals surface area (Å²) in [5.74, 6) is 0.328. The van der Waals surface area contributed by atoms with Crippen LogP contribution in [-0.2, 0) is 9.53 Å². The first kappa shape index (κ1) is 14.5. The van der Waals surface area contributed by atoms with Gasteiger partial charge in [0, 0.05) is 36.7 Å². The zero-order valence-corrected chi connectivity index (χ0v) is 12.1. The predicted molar refractivity (Wildman–Crippen MR) is 80.0 cm³/mol. The van der Waals surface area contributed by atoms with Crippen molar-refractivity contribution in [2.24, 2.45) is 11.3 Å². The summed E-state index contributed by atoms with van der Waals surface area (Å²) < 4.78 is 5.52. The smallest absolute Gasteiger partial charge is 0.238 e. The summed E-state index contributed by atoms with van der Waals surface area (Å²) in [6.07, 6.45) is 0.880. The van der Waals surface area contributed by atoms with Crippen LogP contribution in [0.25, 0.3) is 0 Å². The van der Waals surface area contributed by atoms with Gasteiger partial charge in [-0.3, -0.25) is 9.69 Å². The summed E-state index contributed by atoms with van der Waals surface area (Å²) in [7, 11) is 0. The van der Waals surface area contributed by atoms with Gasteiger partial charge < -0.3 is 15.2 Å². The molecule has 2 heterocycles. The van der Waals surface area contributed by atoms with Gasteiger partial charge in [0.15, 0.2) is 0 Å². The van der Waals surface area contributed by atoms with Crippen LogP contribution >= 0.6 is 0 Å². The number of amides is 1. The Balaban J connectivity index is 1.58. The van der Waals surface area contributed by atoms with Gasteiger partial charge in [0.25, 0.3) is 0 Å². The van der Waals surface area contributed by atoms with Gasteiger partial charge in [-0.1, -0.05) is 18.2 Å². The van der Waals surface area contributed by atoms with Gasteiger partial charge in [0.2, 0.25) is 5.91 Å². The molecule has 0 radical (unpaired) electrons. The van der Waals surface area contributed by atoms with Crippen molar-refractivity contribution in [3.05, 3.63) is 30.3 Å². The highest BCUT2D eigenvalue weighted by Crippen LogP contribution is 2.41. The average Bonchev–Trinajstić information content (AvgIpc) is 2.86. The van der Waals surface area contributed by atoms with E-state index in [2.05, 4.69) is 10.2 Å². The summed E-state index contributed by atoms with van der Waals surface area (Å²) in [6.45, 7) is 3.55. The topological polar surface area (TPSA) is 61.8 Å². The third kappa shape index (κ3) is 3.10. The zero-order chi connectivity index (χ0) is 14.7. The number of benzene rings is 1. The lowest BCUT2D eigenvalue weighted by molar-refractivity contribution is -0.117. The standard InChI is InChI=1S/C16H22N2O3/c19-12-16-6-7-21-10-13(16)8-18(11-16)9-15(20)17-14-4-2-1-3-5-14/h1-5,13,19H,6-12H2,(H,17,20)/t13-,16-/m1/s1. The van der Waals surface area contributed by atoms with E-state index in [0.717, 1.165) is 25.2 Å². The Hall–Kier alpha value is -1.43. The molecule has 5 heteroatoms. The van der Waals surface area contributed by atoms with Crippen molar-refractivity contribution in [2.75, 3.05) is 44.8 Å². The van der Waals surface area contributed by atoms with Crippen LogP contribution in [0.5, 0.6) is 0 Å². The molecule has 114 valence electrons. The van der Waals surface area contributed by atoms with Gasteiger partial charge >= 0.3 is 0 Å². The van der Waals surface area contributed by atoms with Gasteiger partial charge in [-0.05, 0) is 18.6 Å². The average molecular weight is 290 g/mol. The van der Waals surface area contributed by atoms with Gasteiger partial charge in [-0.2, -0.15) is 0 Å². The molecule has 1 aromatic carbocycles. The molecule has 2 fully saturated rings. The second-order valence-electron chi connectivity index (χ2n) is 6.13. The number of fused-ring (bicyclic) bond motifs is 1. The maximum atomic E-state index is 12.1. The van der Waals surface area contributed by atoms with E-state index in [4.69, 9.17) is 4.74 Å². The maximum Gasteiger partial charge on any atom is 0.238 e. The third-order valence-electron chi connectivity index (χ3n) is 4.69. The molecule has 1 aromatic rings. The molecule has 5 nitrogen and oxygen atoms in total. The molecule has 0 aliphatic carbocycles.